The number of carbonyl (C=O) groups excluding carboxylic acids is 4. The summed E-state index contributed by atoms with van der Waals surface area (Å²) in [6.07, 6.45) is 0.125. The van der Waals surface area contributed by atoms with Gasteiger partial charge in [0, 0.05) is 50.9 Å². The summed E-state index contributed by atoms with van der Waals surface area (Å²) in [7, 11) is 6.64. The van der Waals surface area contributed by atoms with Gasteiger partial charge in [-0.1, -0.05) is 30.3 Å². The number of likely N-dealkylation sites (tertiary alicyclic amines) is 1. The molecule has 248 valence electrons. The van der Waals surface area contributed by atoms with Gasteiger partial charge in [0.1, 0.15) is 22.8 Å². The van der Waals surface area contributed by atoms with Crippen molar-refractivity contribution in [2.75, 3.05) is 51.5 Å². The number of Topliss-reactive ketones (excluding diaryl/α,β-unsaturated/α-hetero) is 2. The Morgan fingerprint density at radius 3 is 2.32 bits per heavy atom. The topological polar surface area (TPSA) is 197 Å². The highest BCUT2D eigenvalue weighted by atomic mass is 16.3. The molecule has 1 saturated heterocycles. The molecule has 3 aliphatic carbocycles. The molecule has 4 aliphatic rings. The highest BCUT2D eigenvalue weighted by molar-refractivity contribution is 6.24. The minimum absolute atomic E-state index is 0.0148. The Kier molecular flexibility index (Phi) is 7.89. The molecule has 2 aromatic carbocycles. The van der Waals surface area contributed by atoms with E-state index in [-0.39, 0.29) is 41.5 Å². The van der Waals surface area contributed by atoms with Crippen molar-refractivity contribution in [3.63, 3.8) is 0 Å². The van der Waals surface area contributed by atoms with E-state index in [1.807, 2.05) is 30.3 Å². The Bertz CT molecular complexity index is 1760. The Morgan fingerprint density at radius 2 is 1.72 bits per heavy atom. The molecular formula is C34H39N5O8. The van der Waals surface area contributed by atoms with Gasteiger partial charge in [0.25, 0.3) is 5.91 Å². The van der Waals surface area contributed by atoms with Crippen LogP contribution in [0.2, 0.25) is 0 Å². The number of rotatable bonds is 7. The summed E-state index contributed by atoms with van der Waals surface area (Å²) in [5, 5.41) is 48.9. The van der Waals surface area contributed by atoms with Crippen molar-refractivity contribution in [3.8, 4) is 5.75 Å². The number of aliphatic hydroxyl groups is 3. The Balaban J connectivity index is 1.36. The van der Waals surface area contributed by atoms with Gasteiger partial charge >= 0.3 is 0 Å². The lowest BCUT2D eigenvalue weighted by Gasteiger charge is -2.50. The molecule has 1 unspecified atom stereocenters. The Labute approximate surface area is 271 Å². The number of anilines is 2. The molecule has 6 rings (SSSR count). The first-order chi connectivity index (χ1) is 22.2. The summed E-state index contributed by atoms with van der Waals surface area (Å²) < 4.78 is 0. The molecule has 4 atom stereocenters. The molecule has 13 heteroatoms. The number of benzene rings is 2. The van der Waals surface area contributed by atoms with Crippen molar-refractivity contribution in [2.24, 2.45) is 23.5 Å². The van der Waals surface area contributed by atoms with Crippen LogP contribution in [0, 0.1) is 17.8 Å². The van der Waals surface area contributed by atoms with Crippen LogP contribution >= 0.6 is 0 Å². The maximum atomic E-state index is 14.2. The third-order valence-electron chi connectivity index (χ3n) is 10.0. The number of carbonyl (C=O) groups is 4. The Hall–Kier alpha value is -4.72. The van der Waals surface area contributed by atoms with Gasteiger partial charge in [-0.25, -0.2) is 0 Å². The maximum Gasteiger partial charge on any atom is 0.255 e. The van der Waals surface area contributed by atoms with E-state index in [2.05, 4.69) is 10.2 Å². The molecule has 0 aromatic heterocycles. The van der Waals surface area contributed by atoms with Crippen LogP contribution in [0.3, 0.4) is 0 Å². The number of aliphatic hydroxyl groups excluding tert-OH is 2. The minimum Gasteiger partial charge on any atom is -0.508 e. The van der Waals surface area contributed by atoms with Crippen LogP contribution in [0.1, 0.15) is 23.1 Å². The van der Waals surface area contributed by atoms with Gasteiger partial charge in [-0.15, -0.1) is 0 Å². The van der Waals surface area contributed by atoms with Crippen molar-refractivity contribution >= 4 is 40.5 Å². The average molecular weight is 646 g/mol. The fourth-order valence-corrected chi connectivity index (χ4v) is 7.73. The number of nitrogens with zero attached hydrogens (tertiary/aromatic N) is 3. The second-order valence-corrected chi connectivity index (χ2v) is 13.4. The molecule has 0 radical (unpaired) electrons. The van der Waals surface area contributed by atoms with Crippen LogP contribution in [0.4, 0.5) is 11.4 Å². The van der Waals surface area contributed by atoms with Crippen molar-refractivity contribution in [3.05, 3.63) is 70.0 Å². The second-order valence-electron chi connectivity index (χ2n) is 13.4. The number of hydrogen-bond acceptors (Lipinski definition) is 11. The number of hydrogen-bond donors (Lipinski definition) is 6. The number of amides is 2. The first-order valence-electron chi connectivity index (χ1n) is 15.4. The monoisotopic (exact) mass is 645 g/mol. The number of fused-ring (bicyclic) bond motifs is 3. The second kappa shape index (κ2) is 11.5. The first-order valence-corrected chi connectivity index (χ1v) is 15.4. The smallest absolute Gasteiger partial charge is 0.255 e. The van der Waals surface area contributed by atoms with E-state index in [0.717, 1.165) is 5.56 Å². The zero-order chi connectivity index (χ0) is 34.1. The van der Waals surface area contributed by atoms with Gasteiger partial charge in [0.15, 0.2) is 11.4 Å². The number of phenolic OH excluding ortho intramolecular Hbond substituents is 1. The van der Waals surface area contributed by atoms with Gasteiger partial charge in [-0.3, -0.25) is 29.0 Å². The number of nitrogens with one attached hydrogen (secondary N) is 1. The quantitative estimate of drug-likeness (QED) is 0.186. The molecule has 2 fully saturated rings. The zero-order valence-corrected chi connectivity index (χ0v) is 26.6. The van der Waals surface area contributed by atoms with Gasteiger partial charge in [-0.05, 0) is 50.0 Å². The summed E-state index contributed by atoms with van der Waals surface area (Å²) in [4.78, 5) is 58.3. The SMILES string of the molecule is CN(C)c1cc(NC(=O)C2CN(Cc3ccccc3)C2)c(O)c2c1CC1C[C@H]3[C@H](N(C)C)C(=O)C(C(N)=O)=C(O)[C@@]3(O)C(=O)C1=C2O. The molecule has 1 aliphatic heterocycles. The number of phenols is 1. The van der Waals surface area contributed by atoms with Gasteiger partial charge in [-0.2, -0.15) is 0 Å². The summed E-state index contributed by atoms with van der Waals surface area (Å²) >= 11 is 0. The maximum absolute atomic E-state index is 14.2. The van der Waals surface area contributed by atoms with Crippen molar-refractivity contribution in [2.45, 2.75) is 31.0 Å². The van der Waals surface area contributed by atoms with E-state index < -0.39 is 63.8 Å². The number of likely N-dealkylation sites (N-methyl/N-ethyl adjacent to an activating group) is 1. The van der Waals surface area contributed by atoms with E-state index >= 15 is 0 Å². The summed E-state index contributed by atoms with van der Waals surface area (Å²) in [5.41, 5.74) is 3.73. The van der Waals surface area contributed by atoms with Crippen LogP contribution in [0.5, 0.6) is 5.75 Å². The van der Waals surface area contributed by atoms with E-state index in [4.69, 9.17) is 5.73 Å². The van der Waals surface area contributed by atoms with Crippen molar-refractivity contribution < 1.29 is 39.6 Å². The highest BCUT2D eigenvalue weighted by Gasteiger charge is 2.64. The van der Waals surface area contributed by atoms with Crippen molar-refractivity contribution in [1.29, 1.82) is 0 Å². The lowest BCUT2D eigenvalue weighted by atomic mass is 9.57. The van der Waals surface area contributed by atoms with E-state index in [9.17, 15) is 39.6 Å². The predicted octanol–water partition coefficient (Wildman–Crippen LogP) is 1.10. The van der Waals surface area contributed by atoms with Gasteiger partial charge < -0.3 is 36.4 Å². The number of primary amides is 1. The summed E-state index contributed by atoms with van der Waals surface area (Å²) in [5.74, 6) is -7.91. The normalized spacial score (nSPS) is 26.0. The first kappa shape index (κ1) is 32.2. The standard InChI is InChI=1S/C34H39N5O8/c1-37(2)22-12-21(36-33(46)18-14-39(15-18)13-16-8-6-5-7-9-16)27(40)24-19(22)10-17-11-20-26(38(3)4)29(42)25(32(35)45)31(44)34(20,47)30(43)23(17)28(24)41/h5-9,12,17-18,20,26,40-41,44,47H,10-11,13-15H2,1-4H3,(H2,35,45)(H,36,46)/t17?,20-,26-,34-/m0/s1. The predicted molar refractivity (Wildman–Crippen MR) is 172 cm³/mol. The van der Waals surface area contributed by atoms with Crippen LogP contribution in [-0.4, -0.2) is 107 Å². The zero-order valence-electron chi connectivity index (χ0n) is 26.6. The minimum atomic E-state index is -2.73. The lowest BCUT2D eigenvalue weighted by molar-refractivity contribution is -0.153. The van der Waals surface area contributed by atoms with Gasteiger partial charge in [0.05, 0.1) is 23.2 Å². The third kappa shape index (κ3) is 4.96. The van der Waals surface area contributed by atoms with Crippen LogP contribution < -0.4 is 16.0 Å². The summed E-state index contributed by atoms with van der Waals surface area (Å²) in [6.45, 7) is 1.76. The van der Waals surface area contributed by atoms with Crippen LogP contribution in [0.25, 0.3) is 5.76 Å². The van der Waals surface area contributed by atoms with Gasteiger partial charge in [0.2, 0.25) is 11.7 Å². The molecule has 0 spiro atoms. The van der Waals surface area contributed by atoms with Crippen LogP contribution in [0.15, 0.2) is 53.3 Å². The third-order valence-corrected chi connectivity index (χ3v) is 10.0. The van der Waals surface area contributed by atoms with E-state index in [1.165, 1.54) is 4.90 Å². The number of ketones is 2. The number of nitrogens with two attached hydrogens (primary N) is 1. The lowest BCUT2D eigenvalue weighted by Crippen LogP contribution is -2.65. The Morgan fingerprint density at radius 1 is 1.06 bits per heavy atom. The molecule has 0 bridgehead atoms. The molecule has 2 aromatic rings. The summed E-state index contributed by atoms with van der Waals surface area (Å²) in [6, 6.07) is 10.4. The molecular weight excluding hydrogens is 606 g/mol. The fraction of sp³-hybridized carbons (Fsp3) is 0.412. The molecule has 2 amide bonds. The molecule has 47 heavy (non-hydrogen) atoms. The van der Waals surface area contributed by atoms with E-state index in [1.54, 1.807) is 39.2 Å². The fourth-order valence-electron chi connectivity index (χ4n) is 7.73. The average Bonchev–Trinajstić information content (AvgIpc) is 2.97. The largest absolute Gasteiger partial charge is 0.508 e. The number of aromatic hydroxyl groups is 1. The van der Waals surface area contributed by atoms with E-state index in [0.29, 0.717) is 30.9 Å². The van der Waals surface area contributed by atoms with Crippen molar-refractivity contribution in [1.82, 2.24) is 9.80 Å². The molecule has 1 saturated carbocycles. The highest BCUT2D eigenvalue weighted by Crippen LogP contribution is 2.54. The molecule has 13 nitrogen and oxygen atoms in total. The molecule has 7 N–H and O–H groups in total. The molecule has 1 heterocycles. The van der Waals surface area contributed by atoms with Crippen LogP contribution in [-0.2, 0) is 32.1 Å².